The summed E-state index contributed by atoms with van der Waals surface area (Å²) in [7, 11) is 5.07. The fraction of sp³-hybridized carbons (Fsp3) is 0.462. The van der Waals surface area contributed by atoms with Crippen molar-refractivity contribution in [2.45, 2.75) is 13.0 Å². The molecular weight excluding hydrogens is 268 g/mol. The van der Waals surface area contributed by atoms with E-state index in [0.717, 1.165) is 5.56 Å². The number of carbonyl (C=O) groups is 1. The molecule has 0 aliphatic carbocycles. The molecule has 0 aromatic heterocycles. The number of ether oxygens (including phenoxy) is 1. The van der Waals surface area contributed by atoms with E-state index in [1.54, 1.807) is 24.1 Å². The lowest BCUT2D eigenvalue weighted by atomic mass is 10.2. The molecule has 0 aliphatic rings. The molecule has 0 unspecified atom stereocenters. The molecule has 0 heterocycles. The first kappa shape index (κ1) is 17.5. The minimum Gasteiger partial charge on any atom is -0.504 e. The Balaban J connectivity index is 0.00000324. The summed E-state index contributed by atoms with van der Waals surface area (Å²) in [6.45, 7) is 1.14. The highest BCUT2D eigenvalue weighted by molar-refractivity contribution is 5.85. The van der Waals surface area contributed by atoms with E-state index in [0.29, 0.717) is 25.3 Å². The van der Waals surface area contributed by atoms with Gasteiger partial charge >= 0.3 is 0 Å². The molecule has 1 aromatic carbocycles. The van der Waals surface area contributed by atoms with Crippen molar-refractivity contribution in [3.63, 3.8) is 0 Å². The van der Waals surface area contributed by atoms with Crippen molar-refractivity contribution >= 4 is 18.3 Å². The molecule has 2 N–H and O–H groups in total. The summed E-state index contributed by atoms with van der Waals surface area (Å²) in [6.07, 6.45) is 0.467. The largest absolute Gasteiger partial charge is 0.504 e. The van der Waals surface area contributed by atoms with Crippen molar-refractivity contribution in [2.24, 2.45) is 0 Å². The molecule has 1 aromatic rings. The maximum Gasteiger partial charge on any atom is 0.223 e. The summed E-state index contributed by atoms with van der Waals surface area (Å²) in [4.78, 5) is 13.4. The molecule has 19 heavy (non-hydrogen) atoms. The van der Waals surface area contributed by atoms with E-state index in [1.165, 1.54) is 7.11 Å². The number of halogens is 1. The van der Waals surface area contributed by atoms with Crippen LogP contribution in [0.2, 0.25) is 0 Å². The minimum atomic E-state index is 0. The molecule has 0 radical (unpaired) electrons. The number of rotatable bonds is 6. The van der Waals surface area contributed by atoms with Gasteiger partial charge in [-0.3, -0.25) is 4.79 Å². The first-order valence-corrected chi connectivity index (χ1v) is 5.83. The maximum atomic E-state index is 11.7. The van der Waals surface area contributed by atoms with Gasteiger partial charge in [0.2, 0.25) is 5.91 Å². The van der Waals surface area contributed by atoms with E-state index in [2.05, 4.69) is 5.32 Å². The van der Waals surface area contributed by atoms with Gasteiger partial charge < -0.3 is 20.1 Å². The van der Waals surface area contributed by atoms with Gasteiger partial charge in [0.25, 0.3) is 0 Å². The van der Waals surface area contributed by atoms with Crippen molar-refractivity contribution < 1.29 is 14.6 Å². The number of amides is 1. The van der Waals surface area contributed by atoms with Crippen LogP contribution in [-0.4, -0.2) is 43.7 Å². The topological polar surface area (TPSA) is 61.8 Å². The van der Waals surface area contributed by atoms with Gasteiger partial charge in [-0.1, -0.05) is 6.07 Å². The number of nitrogens with zero attached hydrogens (tertiary/aromatic N) is 1. The van der Waals surface area contributed by atoms with Gasteiger partial charge in [0.05, 0.1) is 7.11 Å². The van der Waals surface area contributed by atoms with E-state index in [1.807, 2.05) is 13.1 Å². The Hall–Kier alpha value is -1.46. The summed E-state index contributed by atoms with van der Waals surface area (Å²) >= 11 is 0. The van der Waals surface area contributed by atoms with Crippen molar-refractivity contribution in [1.82, 2.24) is 10.2 Å². The number of nitrogens with one attached hydrogen (secondary N) is 1. The number of aromatic hydroxyl groups is 1. The van der Waals surface area contributed by atoms with Crippen LogP contribution in [0.1, 0.15) is 12.0 Å². The van der Waals surface area contributed by atoms with Gasteiger partial charge in [0.15, 0.2) is 11.5 Å². The zero-order chi connectivity index (χ0) is 13.5. The Morgan fingerprint density at radius 3 is 2.68 bits per heavy atom. The number of phenols is 1. The number of methoxy groups -OCH3 is 1. The molecule has 6 heteroatoms. The monoisotopic (exact) mass is 288 g/mol. The Labute approximate surface area is 120 Å². The first-order valence-electron chi connectivity index (χ1n) is 5.83. The molecule has 1 amide bonds. The molecular formula is C13H21ClN2O3. The molecule has 0 atom stereocenters. The van der Waals surface area contributed by atoms with Crippen LogP contribution >= 0.6 is 12.4 Å². The average molecular weight is 289 g/mol. The molecule has 0 spiro atoms. The standard InChI is InChI=1S/C13H20N2O3.ClH/c1-14-7-6-13(17)15(2)9-10-4-5-12(18-3)11(16)8-10;/h4-5,8,14,16H,6-7,9H2,1-3H3;1H. The van der Waals surface area contributed by atoms with Gasteiger partial charge in [-0.15, -0.1) is 12.4 Å². The van der Waals surface area contributed by atoms with Gasteiger partial charge in [-0.2, -0.15) is 0 Å². The summed E-state index contributed by atoms with van der Waals surface area (Å²) in [5, 5.41) is 12.6. The normalized spacial score (nSPS) is 9.63. The molecule has 108 valence electrons. The van der Waals surface area contributed by atoms with Crippen LogP contribution in [0.4, 0.5) is 0 Å². The van der Waals surface area contributed by atoms with Crippen LogP contribution in [0, 0.1) is 0 Å². The number of hydrogen-bond acceptors (Lipinski definition) is 4. The number of carbonyl (C=O) groups excluding carboxylic acids is 1. The highest BCUT2D eigenvalue weighted by Gasteiger charge is 2.10. The van der Waals surface area contributed by atoms with Crippen molar-refractivity contribution in [2.75, 3.05) is 27.7 Å². The second-order valence-electron chi connectivity index (χ2n) is 4.11. The van der Waals surface area contributed by atoms with Crippen LogP contribution in [0.3, 0.4) is 0 Å². The number of benzene rings is 1. The van der Waals surface area contributed by atoms with Gasteiger partial charge in [0.1, 0.15) is 0 Å². The second kappa shape index (κ2) is 8.61. The SMILES string of the molecule is CNCCC(=O)N(C)Cc1ccc(OC)c(O)c1.Cl. The summed E-state index contributed by atoms with van der Waals surface area (Å²) in [5.74, 6) is 0.591. The molecule has 0 saturated carbocycles. The van der Waals surface area contributed by atoms with Crippen LogP contribution < -0.4 is 10.1 Å². The Kier molecular flexibility index (Phi) is 7.95. The zero-order valence-corrected chi connectivity index (χ0v) is 12.3. The van der Waals surface area contributed by atoms with E-state index in [-0.39, 0.29) is 24.1 Å². The van der Waals surface area contributed by atoms with Gasteiger partial charge in [0, 0.05) is 26.6 Å². The summed E-state index contributed by atoms with van der Waals surface area (Å²) < 4.78 is 4.97. The highest BCUT2D eigenvalue weighted by Crippen LogP contribution is 2.26. The lowest BCUT2D eigenvalue weighted by Crippen LogP contribution is -2.28. The lowest BCUT2D eigenvalue weighted by Gasteiger charge is -2.17. The number of phenolic OH excluding ortho intramolecular Hbond substituents is 1. The molecule has 5 nitrogen and oxygen atoms in total. The van der Waals surface area contributed by atoms with Crippen LogP contribution in [0.15, 0.2) is 18.2 Å². The highest BCUT2D eigenvalue weighted by atomic mass is 35.5. The smallest absolute Gasteiger partial charge is 0.223 e. The Morgan fingerprint density at radius 2 is 2.16 bits per heavy atom. The van der Waals surface area contributed by atoms with Crippen LogP contribution in [-0.2, 0) is 11.3 Å². The first-order chi connectivity index (χ1) is 8.58. The van der Waals surface area contributed by atoms with Crippen molar-refractivity contribution in [3.8, 4) is 11.5 Å². The third kappa shape index (κ3) is 5.36. The molecule has 0 bridgehead atoms. The van der Waals surface area contributed by atoms with Crippen LogP contribution in [0.25, 0.3) is 0 Å². The fourth-order valence-corrected chi connectivity index (χ4v) is 1.62. The Bertz CT molecular complexity index is 413. The summed E-state index contributed by atoms with van der Waals surface area (Å²) in [5.41, 5.74) is 0.869. The van der Waals surface area contributed by atoms with E-state index in [4.69, 9.17) is 4.74 Å². The quantitative estimate of drug-likeness (QED) is 0.830. The molecule has 0 fully saturated rings. The van der Waals surface area contributed by atoms with Crippen molar-refractivity contribution in [3.05, 3.63) is 23.8 Å². The Morgan fingerprint density at radius 1 is 1.47 bits per heavy atom. The molecule has 1 rings (SSSR count). The van der Waals surface area contributed by atoms with Crippen molar-refractivity contribution in [1.29, 1.82) is 0 Å². The number of hydrogen-bond donors (Lipinski definition) is 2. The molecule has 0 saturated heterocycles. The lowest BCUT2D eigenvalue weighted by molar-refractivity contribution is -0.130. The van der Waals surface area contributed by atoms with E-state index >= 15 is 0 Å². The van der Waals surface area contributed by atoms with Gasteiger partial charge in [-0.05, 0) is 24.7 Å². The van der Waals surface area contributed by atoms with E-state index < -0.39 is 0 Å². The maximum absolute atomic E-state index is 11.7. The zero-order valence-electron chi connectivity index (χ0n) is 11.5. The predicted molar refractivity (Wildman–Crippen MR) is 76.9 cm³/mol. The fourth-order valence-electron chi connectivity index (χ4n) is 1.62. The third-order valence-electron chi connectivity index (χ3n) is 2.68. The minimum absolute atomic E-state index is 0. The summed E-state index contributed by atoms with van der Waals surface area (Å²) in [6, 6.07) is 5.14. The van der Waals surface area contributed by atoms with E-state index in [9.17, 15) is 9.90 Å². The molecule has 0 aliphatic heterocycles. The second-order valence-corrected chi connectivity index (χ2v) is 4.11. The van der Waals surface area contributed by atoms with Gasteiger partial charge in [-0.25, -0.2) is 0 Å². The third-order valence-corrected chi connectivity index (χ3v) is 2.68. The predicted octanol–water partition coefficient (Wildman–Crippen LogP) is 1.39. The average Bonchev–Trinajstić information content (AvgIpc) is 2.36. The van der Waals surface area contributed by atoms with Crippen LogP contribution in [0.5, 0.6) is 11.5 Å².